The maximum absolute atomic E-state index is 13.0. The predicted molar refractivity (Wildman–Crippen MR) is 72.0 cm³/mol. The van der Waals surface area contributed by atoms with Gasteiger partial charge in [0.1, 0.15) is 5.82 Å². The zero-order valence-corrected chi connectivity index (χ0v) is 11.5. The topological polar surface area (TPSA) is 12.0 Å². The van der Waals surface area contributed by atoms with E-state index < -0.39 is 0 Å². The number of aryl methyl sites for hydroxylation is 1. The van der Waals surface area contributed by atoms with Gasteiger partial charge < -0.3 is 5.32 Å². The van der Waals surface area contributed by atoms with E-state index >= 15 is 0 Å². The number of rotatable bonds is 6. The lowest BCUT2D eigenvalue weighted by Gasteiger charge is -2.21. The summed E-state index contributed by atoms with van der Waals surface area (Å²) in [5, 5.41) is 3.69. The number of hydrogen-bond acceptors (Lipinski definition) is 1. The van der Waals surface area contributed by atoms with Crippen molar-refractivity contribution in [2.45, 2.75) is 39.7 Å². The summed E-state index contributed by atoms with van der Waals surface area (Å²) in [6.07, 6.45) is 1.98. The van der Waals surface area contributed by atoms with Crippen LogP contribution in [0.2, 0.25) is 5.02 Å². The smallest absolute Gasteiger partial charge is 0.141 e. The van der Waals surface area contributed by atoms with E-state index in [0.29, 0.717) is 12.0 Å². The van der Waals surface area contributed by atoms with Crippen LogP contribution in [-0.4, -0.2) is 12.6 Å². The molecule has 0 aromatic heterocycles. The Balaban J connectivity index is 2.56. The predicted octanol–water partition coefficient (Wildman–Crippen LogP) is 4.05. The molecule has 1 N–H and O–H groups in total. The monoisotopic (exact) mass is 257 g/mol. The van der Waals surface area contributed by atoms with E-state index in [1.807, 2.05) is 6.07 Å². The first kappa shape index (κ1) is 14.5. The van der Waals surface area contributed by atoms with E-state index in [1.54, 1.807) is 6.07 Å². The van der Waals surface area contributed by atoms with Gasteiger partial charge in [-0.1, -0.05) is 38.4 Å². The molecule has 0 amide bonds. The quantitative estimate of drug-likeness (QED) is 0.811. The molecule has 3 heteroatoms. The summed E-state index contributed by atoms with van der Waals surface area (Å²) in [6.45, 7) is 7.52. The van der Waals surface area contributed by atoms with Crippen LogP contribution in [0.5, 0.6) is 0 Å². The Bertz CT molecular complexity index is 352. The van der Waals surface area contributed by atoms with Gasteiger partial charge in [0, 0.05) is 6.04 Å². The third-order valence-electron chi connectivity index (χ3n) is 3.00. The molecule has 0 spiro atoms. The SMILES string of the molecule is CCNC(CCc1ccc(F)c(Cl)c1)C(C)C. The summed E-state index contributed by atoms with van der Waals surface area (Å²) in [5.74, 6) is 0.258. The van der Waals surface area contributed by atoms with Gasteiger partial charge in [-0.3, -0.25) is 0 Å². The van der Waals surface area contributed by atoms with Gasteiger partial charge in [-0.2, -0.15) is 0 Å². The van der Waals surface area contributed by atoms with Crippen molar-refractivity contribution in [3.8, 4) is 0 Å². The molecule has 0 aliphatic carbocycles. The first-order chi connectivity index (χ1) is 8.04. The molecule has 0 aliphatic heterocycles. The zero-order chi connectivity index (χ0) is 12.8. The lowest BCUT2D eigenvalue weighted by Crippen LogP contribution is -2.34. The molecule has 1 aromatic rings. The highest BCUT2D eigenvalue weighted by Gasteiger charge is 2.12. The molecule has 1 atom stereocenters. The third kappa shape index (κ3) is 4.64. The normalized spacial score (nSPS) is 13.1. The Kier molecular flexibility index (Phi) is 5.93. The van der Waals surface area contributed by atoms with Crippen LogP contribution < -0.4 is 5.32 Å². The molecule has 0 heterocycles. The maximum Gasteiger partial charge on any atom is 0.141 e. The van der Waals surface area contributed by atoms with E-state index in [0.717, 1.165) is 24.9 Å². The van der Waals surface area contributed by atoms with Crippen LogP contribution in [0.15, 0.2) is 18.2 Å². The number of benzene rings is 1. The Labute approximate surface area is 108 Å². The van der Waals surface area contributed by atoms with Gasteiger partial charge >= 0.3 is 0 Å². The van der Waals surface area contributed by atoms with Crippen LogP contribution in [-0.2, 0) is 6.42 Å². The van der Waals surface area contributed by atoms with Gasteiger partial charge in [0.05, 0.1) is 5.02 Å². The van der Waals surface area contributed by atoms with E-state index in [1.165, 1.54) is 6.07 Å². The fourth-order valence-electron chi connectivity index (χ4n) is 1.95. The van der Waals surface area contributed by atoms with Crippen LogP contribution in [0.1, 0.15) is 32.8 Å². The summed E-state index contributed by atoms with van der Waals surface area (Å²) in [7, 11) is 0. The van der Waals surface area contributed by atoms with Gasteiger partial charge in [-0.15, -0.1) is 0 Å². The Morgan fingerprint density at radius 3 is 2.59 bits per heavy atom. The summed E-state index contributed by atoms with van der Waals surface area (Å²) in [6, 6.07) is 5.48. The van der Waals surface area contributed by atoms with Gasteiger partial charge in [-0.05, 0) is 43.0 Å². The third-order valence-corrected chi connectivity index (χ3v) is 3.29. The highest BCUT2D eigenvalue weighted by molar-refractivity contribution is 6.30. The maximum atomic E-state index is 13.0. The van der Waals surface area contributed by atoms with Crippen LogP contribution in [0, 0.1) is 11.7 Å². The second kappa shape index (κ2) is 6.97. The highest BCUT2D eigenvalue weighted by atomic mass is 35.5. The van der Waals surface area contributed by atoms with Crippen molar-refractivity contribution < 1.29 is 4.39 Å². The van der Waals surface area contributed by atoms with Crippen LogP contribution in [0.25, 0.3) is 0 Å². The highest BCUT2D eigenvalue weighted by Crippen LogP contribution is 2.18. The standard InChI is InChI=1S/C14H21ClFN/c1-4-17-14(10(2)3)8-6-11-5-7-13(16)12(15)9-11/h5,7,9-10,14,17H,4,6,8H2,1-3H3. The van der Waals surface area contributed by atoms with Crippen LogP contribution in [0.3, 0.4) is 0 Å². The van der Waals surface area contributed by atoms with E-state index in [2.05, 4.69) is 26.1 Å². The molecule has 0 fully saturated rings. The molecule has 1 aromatic carbocycles. The van der Waals surface area contributed by atoms with Gasteiger partial charge in [0.2, 0.25) is 0 Å². The van der Waals surface area contributed by atoms with E-state index in [-0.39, 0.29) is 10.8 Å². The molecule has 1 nitrogen and oxygen atoms in total. The second-order valence-corrected chi connectivity index (χ2v) is 5.10. The summed E-state index contributed by atoms with van der Waals surface area (Å²) in [5.41, 5.74) is 1.10. The van der Waals surface area contributed by atoms with Crippen molar-refractivity contribution in [3.05, 3.63) is 34.6 Å². The average molecular weight is 258 g/mol. The Morgan fingerprint density at radius 1 is 1.35 bits per heavy atom. The van der Waals surface area contributed by atoms with E-state index in [9.17, 15) is 4.39 Å². The molecule has 1 unspecified atom stereocenters. The van der Waals surface area contributed by atoms with Gasteiger partial charge in [0.15, 0.2) is 0 Å². The lowest BCUT2D eigenvalue weighted by atomic mass is 9.96. The minimum atomic E-state index is -0.345. The number of hydrogen-bond donors (Lipinski definition) is 1. The van der Waals surface area contributed by atoms with E-state index in [4.69, 9.17) is 11.6 Å². The average Bonchev–Trinajstić information content (AvgIpc) is 2.28. The van der Waals surface area contributed by atoms with Gasteiger partial charge in [-0.25, -0.2) is 4.39 Å². The van der Waals surface area contributed by atoms with Gasteiger partial charge in [0.25, 0.3) is 0 Å². The van der Waals surface area contributed by atoms with Crippen molar-refractivity contribution in [3.63, 3.8) is 0 Å². The molecule has 17 heavy (non-hydrogen) atoms. The van der Waals surface area contributed by atoms with Crippen molar-refractivity contribution in [2.24, 2.45) is 5.92 Å². The fraction of sp³-hybridized carbons (Fsp3) is 0.571. The summed E-state index contributed by atoms with van der Waals surface area (Å²) < 4.78 is 13.0. The molecular weight excluding hydrogens is 237 g/mol. The van der Waals surface area contributed by atoms with Crippen molar-refractivity contribution in [1.29, 1.82) is 0 Å². The van der Waals surface area contributed by atoms with Crippen molar-refractivity contribution in [2.75, 3.05) is 6.54 Å². The molecule has 0 saturated heterocycles. The van der Waals surface area contributed by atoms with Crippen LogP contribution in [0.4, 0.5) is 4.39 Å². The molecule has 0 bridgehead atoms. The molecule has 1 rings (SSSR count). The van der Waals surface area contributed by atoms with Crippen molar-refractivity contribution in [1.82, 2.24) is 5.32 Å². The molecular formula is C14H21ClFN. The minimum Gasteiger partial charge on any atom is -0.314 e. The largest absolute Gasteiger partial charge is 0.314 e. The number of nitrogens with one attached hydrogen (secondary N) is 1. The lowest BCUT2D eigenvalue weighted by molar-refractivity contribution is 0.385. The molecule has 0 aliphatic rings. The Hall–Kier alpha value is -0.600. The molecule has 0 saturated carbocycles. The van der Waals surface area contributed by atoms with Crippen LogP contribution >= 0.6 is 11.6 Å². The fourth-order valence-corrected chi connectivity index (χ4v) is 2.15. The summed E-state index contributed by atoms with van der Waals surface area (Å²) in [4.78, 5) is 0. The molecule has 0 radical (unpaired) electrons. The zero-order valence-electron chi connectivity index (χ0n) is 10.8. The second-order valence-electron chi connectivity index (χ2n) is 4.70. The van der Waals surface area contributed by atoms with Crippen molar-refractivity contribution >= 4 is 11.6 Å². The Morgan fingerprint density at radius 2 is 2.06 bits per heavy atom. The first-order valence-electron chi connectivity index (χ1n) is 6.22. The minimum absolute atomic E-state index is 0.215. The first-order valence-corrected chi connectivity index (χ1v) is 6.59. The number of halogens is 2. The molecule has 96 valence electrons. The summed E-state index contributed by atoms with van der Waals surface area (Å²) >= 11 is 5.76.